The van der Waals surface area contributed by atoms with Gasteiger partial charge in [-0.2, -0.15) is 5.10 Å². The van der Waals surface area contributed by atoms with Gasteiger partial charge in [0.15, 0.2) is 11.0 Å². The van der Waals surface area contributed by atoms with Crippen LogP contribution in [0.2, 0.25) is 0 Å². The second-order valence-corrected chi connectivity index (χ2v) is 10.1. The van der Waals surface area contributed by atoms with Crippen LogP contribution in [0.3, 0.4) is 0 Å². The maximum absolute atomic E-state index is 14.4. The smallest absolute Gasteiger partial charge is 0.253 e. The van der Waals surface area contributed by atoms with E-state index in [2.05, 4.69) is 15.3 Å². The molecule has 1 aliphatic carbocycles. The minimum absolute atomic E-state index is 0.122. The second-order valence-electron chi connectivity index (χ2n) is 8.17. The molecule has 0 saturated heterocycles. The average molecular weight is 494 g/mol. The Hall–Kier alpha value is -3.24. The van der Waals surface area contributed by atoms with Crippen LogP contribution in [0.25, 0.3) is 11.4 Å². The van der Waals surface area contributed by atoms with Gasteiger partial charge in [-0.05, 0) is 48.6 Å². The maximum atomic E-state index is 14.4. The van der Waals surface area contributed by atoms with Gasteiger partial charge in [-0.15, -0.1) is 21.5 Å². The van der Waals surface area contributed by atoms with Gasteiger partial charge in [0.05, 0.1) is 23.6 Å². The Morgan fingerprint density at radius 2 is 2.03 bits per heavy atom. The van der Waals surface area contributed by atoms with E-state index in [0.29, 0.717) is 28.7 Å². The fourth-order valence-electron chi connectivity index (χ4n) is 4.09. The molecule has 0 bridgehead atoms. The van der Waals surface area contributed by atoms with E-state index in [4.69, 9.17) is 4.42 Å². The Balaban J connectivity index is 1.24. The highest BCUT2D eigenvalue weighted by Gasteiger charge is 2.36. The van der Waals surface area contributed by atoms with Gasteiger partial charge in [-0.25, -0.2) is 9.40 Å². The summed E-state index contributed by atoms with van der Waals surface area (Å²) >= 11 is 2.92. The molecule has 1 aliphatic heterocycles. The predicted molar refractivity (Wildman–Crippen MR) is 128 cm³/mol. The summed E-state index contributed by atoms with van der Waals surface area (Å²) in [6.07, 6.45) is 4.19. The largest absolute Gasteiger partial charge is 0.463 e. The Labute approximate surface area is 203 Å². The Morgan fingerprint density at radius 1 is 1.15 bits per heavy atom. The summed E-state index contributed by atoms with van der Waals surface area (Å²) in [6.45, 7) is 0. The van der Waals surface area contributed by atoms with Crippen LogP contribution in [0.4, 0.5) is 4.39 Å². The van der Waals surface area contributed by atoms with Crippen molar-refractivity contribution in [2.75, 3.05) is 5.75 Å². The minimum atomic E-state index is -0.333. The summed E-state index contributed by atoms with van der Waals surface area (Å²) in [7, 11) is 0. The Kier molecular flexibility index (Phi) is 5.54. The van der Waals surface area contributed by atoms with Crippen molar-refractivity contribution in [3.63, 3.8) is 0 Å². The summed E-state index contributed by atoms with van der Waals surface area (Å²) in [5.74, 6) is 0.875. The van der Waals surface area contributed by atoms with E-state index < -0.39 is 0 Å². The van der Waals surface area contributed by atoms with Crippen molar-refractivity contribution in [1.82, 2.24) is 19.8 Å². The van der Waals surface area contributed by atoms with Crippen molar-refractivity contribution < 1.29 is 13.6 Å². The third kappa shape index (κ3) is 3.97. The number of furan rings is 1. The molecule has 2 aliphatic rings. The molecule has 10 heteroatoms. The maximum Gasteiger partial charge on any atom is 0.253 e. The SMILES string of the molecule is O=C(CSc1nnc(-c2ccccc2F)n1C1CC1)N1N=C(c2ccco2)CC1c1cccs1. The first kappa shape index (κ1) is 21.3. The van der Waals surface area contributed by atoms with Crippen LogP contribution in [0.5, 0.6) is 0 Å². The van der Waals surface area contributed by atoms with Crippen LogP contribution in [-0.2, 0) is 4.79 Å². The molecule has 6 rings (SSSR count). The third-order valence-electron chi connectivity index (χ3n) is 5.86. The number of benzene rings is 1. The van der Waals surface area contributed by atoms with E-state index in [1.807, 2.05) is 34.2 Å². The van der Waals surface area contributed by atoms with Crippen molar-refractivity contribution in [2.24, 2.45) is 5.10 Å². The lowest BCUT2D eigenvalue weighted by Gasteiger charge is -2.20. The van der Waals surface area contributed by atoms with Crippen molar-refractivity contribution in [3.8, 4) is 11.4 Å². The van der Waals surface area contributed by atoms with Crippen molar-refractivity contribution >= 4 is 34.7 Å². The molecule has 1 atom stereocenters. The molecule has 1 aromatic carbocycles. The third-order valence-corrected chi connectivity index (χ3v) is 7.76. The Morgan fingerprint density at radius 3 is 2.76 bits per heavy atom. The molecule has 3 aromatic heterocycles. The lowest BCUT2D eigenvalue weighted by Crippen LogP contribution is -2.28. The number of aromatic nitrogens is 3. The quantitative estimate of drug-likeness (QED) is 0.316. The lowest BCUT2D eigenvalue weighted by atomic mass is 10.1. The average Bonchev–Trinajstić information content (AvgIpc) is 3.35. The molecular weight excluding hydrogens is 473 g/mol. The number of thiophene rings is 1. The van der Waals surface area contributed by atoms with Crippen LogP contribution in [-0.4, -0.2) is 37.1 Å². The molecule has 0 N–H and O–H groups in total. The number of amides is 1. The van der Waals surface area contributed by atoms with Gasteiger partial charge in [-0.1, -0.05) is 30.0 Å². The van der Waals surface area contributed by atoms with Crippen molar-refractivity contribution in [1.29, 1.82) is 0 Å². The monoisotopic (exact) mass is 493 g/mol. The first-order chi connectivity index (χ1) is 16.7. The topological polar surface area (TPSA) is 76.5 Å². The number of carbonyl (C=O) groups is 1. The molecular formula is C24H20FN5O2S2. The number of rotatable bonds is 7. The highest BCUT2D eigenvalue weighted by Crippen LogP contribution is 2.42. The summed E-state index contributed by atoms with van der Waals surface area (Å²) in [5.41, 5.74) is 1.18. The highest BCUT2D eigenvalue weighted by molar-refractivity contribution is 7.99. The van der Waals surface area contributed by atoms with E-state index in [-0.39, 0.29) is 29.6 Å². The highest BCUT2D eigenvalue weighted by atomic mass is 32.2. The van der Waals surface area contributed by atoms with Crippen LogP contribution in [0.15, 0.2) is 74.8 Å². The van der Waals surface area contributed by atoms with Crippen LogP contribution >= 0.6 is 23.1 Å². The zero-order valence-electron chi connectivity index (χ0n) is 18.0. The van der Waals surface area contributed by atoms with Gasteiger partial charge >= 0.3 is 0 Å². The predicted octanol–water partition coefficient (Wildman–Crippen LogP) is 5.54. The molecule has 7 nitrogen and oxygen atoms in total. The van der Waals surface area contributed by atoms with Crippen LogP contribution in [0, 0.1) is 5.82 Å². The minimum Gasteiger partial charge on any atom is -0.463 e. The van der Waals surface area contributed by atoms with Crippen molar-refractivity contribution in [3.05, 3.63) is 76.6 Å². The Bertz CT molecular complexity index is 1350. The summed E-state index contributed by atoms with van der Waals surface area (Å²) < 4.78 is 21.9. The molecule has 0 spiro atoms. The van der Waals surface area contributed by atoms with E-state index in [1.165, 1.54) is 17.8 Å². The molecule has 4 aromatic rings. The molecule has 1 unspecified atom stereocenters. The van der Waals surface area contributed by atoms with Gasteiger partial charge in [0.1, 0.15) is 17.3 Å². The molecule has 1 amide bonds. The lowest BCUT2D eigenvalue weighted by molar-refractivity contribution is -0.130. The van der Waals surface area contributed by atoms with Crippen LogP contribution < -0.4 is 0 Å². The van der Waals surface area contributed by atoms with Gasteiger partial charge in [0.25, 0.3) is 5.91 Å². The second kappa shape index (κ2) is 8.84. The van der Waals surface area contributed by atoms with Gasteiger partial charge in [0, 0.05) is 17.3 Å². The molecule has 34 heavy (non-hydrogen) atoms. The standard InChI is InChI=1S/C24H20FN5O2S2/c25-17-6-2-1-5-16(17)23-26-27-24(29(23)15-9-10-15)34-14-22(31)30-19(21-8-4-12-33-21)13-18(28-30)20-7-3-11-32-20/h1-8,11-12,15,19H,9-10,13-14H2. The molecule has 4 heterocycles. The molecule has 172 valence electrons. The first-order valence-corrected chi connectivity index (χ1v) is 12.8. The fraction of sp³-hybridized carbons (Fsp3) is 0.250. The summed E-state index contributed by atoms with van der Waals surface area (Å²) in [4.78, 5) is 14.4. The van der Waals surface area contributed by atoms with Crippen molar-refractivity contribution in [2.45, 2.75) is 36.5 Å². The summed E-state index contributed by atoms with van der Waals surface area (Å²) in [5, 5.41) is 17.4. The fourth-order valence-corrected chi connectivity index (χ4v) is 5.76. The first-order valence-electron chi connectivity index (χ1n) is 11.0. The van der Waals surface area contributed by atoms with Gasteiger partial charge in [-0.3, -0.25) is 9.36 Å². The van der Waals surface area contributed by atoms with Crippen LogP contribution in [0.1, 0.15) is 42.0 Å². The molecule has 1 fully saturated rings. The van der Waals surface area contributed by atoms with E-state index in [1.54, 1.807) is 40.8 Å². The van der Waals surface area contributed by atoms with E-state index in [9.17, 15) is 9.18 Å². The number of carbonyl (C=O) groups excluding carboxylic acids is 1. The molecule has 0 radical (unpaired) electrons. The van der Waals surface area contributed by atoms with E-state index in [0.717, 1.165) is 23.4 Å². The summed E-state index contributed by atoms with van der Waals surface area (Å²) in [6, 6.07) is 14.3. The zero-order valence-corrected chi connectivity index (χ0v) is 19.6. The number of hydrazone groups is 1. The van der Waals surface area contributed by atoms with Gasteiger partial charge in [0.2, 0.25) is 0 Å². The van der Waals surface area contributed by atoms with E-state index >= 15 is 0 Å². The number of hydrogen-bond donors (Lipinski definition) is 0. The number of nitrogens with zero attached hydrogens (tertiary/aromatic N) is 5. The normalized spacial score (nSPS) is 17.9. The number of thioether (sulfide) groups is 1. The number of hydrogen-bond acceptors (Lipinski definition) is 7. The zero-order chi connectivity index (χ0) is 23.1. The number of halogens is 1. The van der Waals surface area contributed by atoms with Gasteiger partial charge < -0.3 is 4.42 Å². The molecule has 1 saturated carbocycles.